The molecule has 46 heavy (non-hydrogen) atoms. The van der Waals surface area contributed by atoms with Crippen molar-refractivity contribution < 1.29 is 0 Å². The second-order valence-corrected chi connectivity index (χ2v) is 12.3. The Hall–Kier alpha value is -5.59. The lowest BCUT2D eigenvalue weighted by molar-refractivity contribution is 0.888. The van der Waals surface area contributed by atoms with Crippen LogP contribution in [-0.4, -0.2) is 9.13 Å². The van der Waals surface area contributed by atoms with E-state index >= 15 is 0 Å². The lowest BCUT2D eigenvalue weighted by Crippen LogP contribution is -2.03. The lowest BCUT2D eigenvalue weighted by Gasteiger charge is -2.16. The van der Waals surface area contributed by atoms with Crippen LogP contribution in [0.2, 0.25) is 0 Å². The van der Waals surface area contributed by atoms with Gasteiger partial charge in [0.05, 0.1) is 22.8 Å². The highest BCUT2D eigenvalue weighted by Gasteiger charge is 2.20. The smallest absolute Gasteiger partial charge is 0.0988 e. The molecule has 222 valence electrons. The third kappa shape index (κ3) is 4.75. The molecule has 0 bridgehead atoms. The highest BCUT2D eigenvalue weighted by Crippen LogP contribution is 2.37. The van der Waals surface area contributed by atoms with Gasteiger partial charge < -0.3 is 9.13 Å². The average Bonchev–Trinajstić information content (AvgIpc) is 3.63. The standard InChI is InChI=1S/C43H35N3/c1-30(34-12-2-7-17-39(34)46-42-20-10-5-15-37(42)38-16-6-11-21-43(38)46)28-32(29-44)23-22-31-24-26-33(27-25-31)45-40-18-8-3-13-35(40)36-14-4-9-19-41(36)45/h2-5,7-8,10-15,17-18,20-21,23-28H,6,9,16,19,22H2,1H3/b30-28+,32-23+. The van der Waals surface area contributed by atoms with Crippen LogP contribution in [0.15, 0.2) is 127 Å². The molecule has 0 radical (unpaired) electrons. The predicted octanol–water partition coefficient (Wildman–Crippen LogP) is 10.6. The zero-order chi connectivity index (χ0) is 31.0. The zero-order valence-electron chi connectivity index (χ0n) is 26.1. The second-order valence-electron chi connectivity index (χ2n) is 12.3. The lowest BCUT2D eigenvalue weighted by atomic mass is 10.00. The van der Waals surface area contributed by atoms with Crippen LogP contribution in [0.25, 0.3) is 50.9 Å². The number of nitrogens with zero attached hydrogens (tertiary/aromatic N) is 3. The Labute approximate surface area is 270 Å². The molecule has 0 spiro atoms. The molecule has 8 rings (SSSR count). The number of benzene rings is 4. The molecule has 0 N–H and O–H groups in total. The van der Waals surface area contributed by atoms with Gasteiger partial charge in [-0.3, -0.25) is 0 Å². The number of para-hydroxylation sites is 3. The molecule has 6 aromatic rings. The Kier molecular flexibility index (Phi) is 7.12. The minimum atomic E-state index is 0.674. The summed E-state index contributed by atoms with van der Waals surface area (Å²) in [7, 11) is 0. The molecule has 0 aliphatic heterocycles. The molecule has 0 saturated heterocycles. The molecule has 2 heterocycles. The summed E-state index contributed by atoms with van der Waals surface area (Å²) in [6, 6.07) is 37.2. The van der Waals surface area contributed by atoms with Crippen LogP contribution in [0.4, 0.5) is 0 Å². The van der Waals surface area contributed by atoms with Crippen molar-refractivity contribution in [3.63, 3.8) is 0 Å². The van der Waals surface area contributed by atoms with Crippen molar-refractivity contribution in [1.29, 1.82) is 5.26 Å². The zero-order valence-corrected chi connectivity index (χ0v) is 26.1. The first kappa shape index (κ1) is 27.9. The average molecular weight is 594 g/mol. The molecular formula is C43H35N3. The molecule has 0 unspecified atom stereocenters. The molecule has 2 aromatic heterocycles. The van der Waals surface area contributed by atoms with Gasteiger partial charge in [0.2, 0.25) is 0 Å². The third-order valence-electron chi connectivity index (χ3n) is 9.53. The Morgan fingerprint density at radius 3 is 2.28 bits per heavy atom. The van der Waals surface area contributed by atoms with Crippen LogP contribution in [0.1, 0.15) is 53.4 Å². The van der Waals surface area contributed by atoms with E-state index in [1.165, 1.54) is 55.6 Å². The van der Waals surface area contributed by atoms with Crippen molar-refractivity contribution in [1.82, 2.24) is 9.13 Å². The van der Waals surface area contributed by atoms with Gasteiger partial charge in [-0.15, -0.1) is 0 Å². The van der Waals surface area contributed by atoms with Gasteiger partial charge in [0.1, 0.15) is 0 Å². The van der Waals surface area contributed by atoms with E-state index in [9.17, 15) is 5.26 Å². The Morgan fingerprint density at radius 2 is 1.46 bits per heavy atom. The van der Waals surface area contributed by atoms with Crippen LogP contribution in [0.5, 0.6) is 0 Å². The molecule has 2 aliphatic rings. The topological polar surface area (TPSA) is 33.6 Å². The highest BCUT2D eigenvalue weighted by atomic mass is 15.0. The summed E-state index contributed by atoms with van der Waals surface area (Å²) in [6.07, 6.45) is 18.1. The summed E-state index contributed by atoms with van der Waals surface area (Å²) in [5, 5.41) is 12.8. The minimum Gasteiger partial charge on any atom is -0.313 e. The van der Waals surface area contributed by atoms with E-state index in [1.807, 2.05) is 6.08 Å². The van der Waals surface area contributed by atoms with E-state index in [2.05, 4.69) is 150 Å². The Balaban J connectivity index is 1.10. The molecule has 3 heteroatoms. The molecule has 0 saturated carbocycles. The van der Waals surface area contributed by atoms with Crippen molar-refractivity contribution in [3.05, 3.63) is 161 Å². The van der Waals surface area contributed by atoms with Gasteiger partial charge in [0.15, 0.2) is 0 Å². The minimum absolute atomic E-state index is 0.674. The van der Waals surface area contributed by atoms with Gasteiger partial charge in [0, 0.05) is 44.5 Å². The van der Waals surface area contributed by atoms with E-state index in [4.69, 9.17) is 0 Å². The summed E-state index contributed by atoms with van der Waals surface area (Å²) in [6.45, 7) is 2.12. The SMILES string of the molecule is C/C(=C\C(C#N)=C/Cc1ccc(-n2c3c(c4ccccc42)C=CCC3)cc1)c1ccccc1-n1c2c(c3ccccc31)CCC=C2. The van der Waals surface area contributed by atoms with Gasteiger partial charge in [-0.05, 0) is 98.2 Å². The van der Waals surface area contributed by atoms with Crippen molar-refractivity contribution in [2.75, 3.05) is 0 Å². The number of aryl methyl sites for hydroxylation is 1. The maximum absolute atomic E-state index is 10.1. The number of nitriles is 1. The van der Waals surface area contributed by atoms with Crippen molar-refractivity contribution >= 4 is 39.5 Å². The maximum Gasteiger partial charge on any atom is 0.0988 e. The van der Waals surface area contributed by atoms with E-state index in [1.54, 1.807) is 0 Å². The molecule has 0 atom stereocenters. The molecular weight excluding hydrogens is 558 g/mol. The summed E-state index contributed by atoms with van der Waals surface area (Å²) >= 11 is 0. The first-order valence-corrected chi connectivity index (χ1v) is 16.3. The van der Waals surface area contributed by atoms with Crippen LogP contribution in [-0.2, 0) is 19.3 Å². The fraction of sp³-hybridized carbons (Fsp3) is 0.140. The van der Waals surface area contributed by atoms with E-state index in [0.717, 1.165) is 42.5 Å². The maximum atomic E-state index is 10.1. The summed E-state index contributed by atoms with van der Waals surface area (Å²) in [5.74, 6) is 0. The normalized spacial score (nSPS) is 14.4. The summed E-state index contributed by atoms with van der Waals surface area (Å²) in [5.41, 5.74) is 14.3. The summed E-state index contributed by atoms with van der Waals surface area (Å²) in [4.78, 5) is 0. The van der Waals surface area contributed by atoms with Crippen LogP contribution in [0.3, 0.4) is 0 Å². The van der Waals surface area contributed by atoms with Crippen LogP contribution in [0, 0.1) is 11.3 Å². The van der Waals surface area contributed by atoms with Crippen molar-refractivity contribution in [3.8, 4) is 17.4 Å². The first-order chi connectivity index (χ1) is 22.7. The van der Waals surface area contributed by atoms with Crippen LogP contribution >= 0.6 is 0 Å². The Bertz CT molecular complexity index is 2290. The van der Waals surface area contributed by atoms with Gasteiger partial charge in [-0.1, -0.05) is 91.0 Å². The largest absolute Gasteiger partial charge is 0.313 e. The van der Waals surface area contributed by atoms with E-state index in [-0.39, 0.29) is 0 Å². The third-order valence-corrected chi connectivity index (χ3v) is 9.53. The van der Waals surface area contributed by atoms with E-state index in [0.29, 0.717) is 12.0 Å². The number of aromatic nitrogens is 2. The number of hydrogen-bond donors (Lipinski definition) is 0. The number of allylic oxidation sites excluding steroid dienone is 6. The molecule has 3 nitrogen and oxygen atoms in total. The predicted molar refractivity (Wildman–Crippen MR) is 192 cm³/mol. The van der Waals surface area contributed by atoms with Crippen LogP contribution < -0.4 is 0 Å². The van der Waals surface area contributed by atoms with Gasteiger partial charge in [-0.25, -0.2) is 0 Å². The number of fused-ring (bicyclic) bond motifs is 6. The van der Waals surface area contributed by atoms with E-state index < -0.39 is 0 Å². The van der Waals surface area contributed by atoms with Gasteiger partial charge in [0.25, 0.3) is 0 Å². The number of hydrogen-bond acceptors (Lipinski definition) is 1. The second kappa shape index (κ2) is 11.7. The Morgan fingerprint density at radius 1 is 0.761 bits per heavy atom. The quantitative estimate of drug-likeness (QED) is 0.140. The first-order valence-electron chi connectivity index (χ1n) is 16.3. The summed E-state index contributed by atoms with van der Waals surface area (Å²) < 4.78 is 4.81. The molecule has 2 aliphatic carbocycles. The van der Waals surface area contributed by atoms with Crippen molar-refractivity contribution in [2.24, 2.45) is 0 Å². The fourth-order valence-electron chi connectivity index (χ4n) is 7.37. The molecule has 0 fully saturated rings. The highest BCUT2D eigenvalue weighted by molar-refractivity contribution is 5.94. The monoisotopic (exact) mass is 593 g/mol. The fourth-order valence-corrected chi connectivity index (χ4v) is 7.37. The van der Waals surface area contributed by atoms with Gasteiger partial charge >= 0.3 is 0 Å². The van der Waals surface area contributed by atoms with Gasteiger partial charge in [-0.2, -0.15) is 5.26 Å². The molecule has 0 amide bonds. The van der Waals surface area contributed by atoms with Crippen molar-refractivity contribution in [2.45, 2.75) is 39.0 Å². The number of rotatable bonds is 6. The molecule has 4 aromatic carbocycles.